The number of hydrogen-bond donors (Lipinski definition) is 1. The highest BCUT2D eigenvalue weighted by atomic mass is 16.5. The molecule has 0 aromatic heterocycles. The summed E-state index contributed by atoms with van der Waals surface area (Å²) in [5, 5.41) is 3.51. The normalized spacial score (nSPS) is 19.3. The van der Waals surface area contributed by atoms with Gasteiger partial charge >= 0.3 is 0 Å². The third kappa shape index (κ3) is 3.34. The topological polar surface area (TPSA) is 30.5 Å². The molecule has 0 atom stereocenters. The molecule has 0 saturated heterocycles. The van der Waals surface area contributed by atoms with Gasteiger partial charge in [-0.3, -0.25) is 0 Å². The smallest absolute Gasteiger partial charge is 0.161 e. The molecule has 0 heterocycles. The van der Waals surface area contributed by atoms with Crippen LogP contribution in [0.5, 0.6) is 11.5 Å². The number of ether oxygens (including phenoxy) is 2. The standard InChI is InChI=1S/C18H29NO2/c1-6-20-14-9-7-8-10-15(14)21-12-11-19-13-16-17(2,3)18(16,4)5/h7-10,16,19H,6,11-13H2,1-5H3. The number of hydrogen-bond acceptors (Lipinski definition) is 3. The molecule has 1 saturated carbocycles. The third-order valence-electron chi connectivity index (χ3n) is 5.35. The van der Waals surface area contributed by atoms with E-state index in [1.54, 1.807) is 0 Å². The van der Waals surface area contributed by atoms with Crippen LogP contribution in [0.15, 0.2) is 24.3 Å². The molecule has 0 spiro atoms. The van der Waals surface area contributed by atoms with Crippen LogP contribution in [0.25, 0.3) is 0 Å². The number of para-hydroxylation sites is 2. The second-order valence-corrected chi connectivity index (χ2v) is 6.93. The zero-order chi connectivity index (χ0) is 15.5. The predicted molar refractivity (Wildman–Crippen MR) is 87.0 cm³/mol. The molecule has 1 aliphatic carbocycles. The van der Waals surface area contributed by atoms with Crippen LogP contribution in [-0.2, 0) is 0 Å². The molecule has 0 unspecified atom stereocenters. The van der Waals surface area contributed by atoms with Crippen molar-refractivity contribution >= 4 is 0 Å². The molecule has 3 nitrogen and oxygen atoms in total. The van der Waals surface area contributed by atoms with Crippen LogP contribution in [0.4, 0.5) is 0 Å². The molecule has 1 aromatic rings. The lowest BCUT2D eigenvalue weighted by Gasteiger charge is -2.12. The van der Waals surface area contributed by atoms with Gasteiger partial charge in [-0.15, -0.1) is 0 Å². The van der Waals surface area contributed by atoms with Gasteiger partial charge in [-0.25, -0.2) is 0 Å². The van der Waals surface area contributed by atoms with Crippen molar-refractivity contribution in [2.24, 2.45) is 16.7 Å². The van der Waals surface area contributed by atoms with E-state index in [0.29, 0.717) is 24.0 Å². The third-order valence-corrected chi connectivity index (χ3v) is 5.35. The second kappa shape index (κ2) is 6.27. The zero-order valence-electron chi connectivity index (χ0n) is 14.0. The molecule has 1 N–H and O–H groups in total. The molecule has 1 aliphatic rings. The summed E-state index contributed by atoms with van der Waals surface area (Å²) in [6.07, 6.45) is 0. The fourth-order valence-electron chi connectivity index (χ4n) is 3.17. The maximum atomic E-state index is 5.81. The number of benzene rings is 1. The Morgan fingerprint density at radius 3 is 2.10 bits per heavy atom. The second-order valence-electron chi connectivity index (χ2n) is 6.93. The molecule has 0 aliphatic heterocycles. The van der Waals surface area contributed by atoms with Crippen LogP contribution < -0.4 is 14.8 Å². The molecule has 21 heavy (non-hydrogen) atoms. The SMILES string of the molecule is CCOc1ccccc1OCCNCC1C(C)(C)C1(C)C. The minimum Gasteiger partial charge on any atom is -0.490 e. The monoisotopic (exact) mass is 291 g/mol. The molecular formula is C18H29NO2. The highest BCUT2D eigenvalue weighted by molar-refractivity contribution is 5.39. The Bertz CT molecular complexity index is 454. The quantitative estimate of drug-likeness (QED) is 0.740. The summed E-state index contributed by atoms with van der Waals surface area (Å²) in [6, 6.07) is 7.84. The van der Waals surface area contributed by atoms with Gasteiger partial charge in [0.15, 0.2) is 11.5 Å². The summed E-state index contributed by atoms with van der Waals surface area (Å²) >= 11 is 0. The van der Waals surface area contributed by atoms with Crippen molar-refractivity contribution in [1.82, 2.24) is 5.32 Å². The Balaban J connectivity index is 1.69. The van der Waals surface area contributed by atoms with E-state index in [0.717, 1.165) is 30.5 Å². The van der Waals surface area contributed by atoms with Crippen LogP contribution in [-0.4, -0.2) is 26.3 Å². The molecule has 0 bridgehead atoms. The first-order valence-electron chi connectivity index (χ1n) is 7.96. The first-order valence-corrected chi connectivity index (χ1v) is 7.96. The maximum absolute atomic E-state index is 5.81. The fraction of sp³-hybridized carbons (Fsp3) is 0.667. The van der Waals surface area contributed by atoms with E-state index in [9.17, 15) is 0 Å². The highest BCUT2D eigenvalue weighted by Crippen LogP contribution is 2.67. The molecule has 1 fully saturated rings. The van der Waals surface area contributed by atoms with Gasteiger partial charge < -0.3 is 14.8 Å². The Morgan fingerprint density at radius 2 is 1.57 bits per heavy atom. The summed E-state index contributed by atoms with van der Waals surface area (Å²) < 4.78 is 11.4. The summed E-state index contributed by atoms with van der Waals surface area (Å²) in [4.78, 5) is 0. The van der Waals surface area contributed by atoms with Gasteiger partial charge in [0.2, 0.25) is 0 Å². The van der Waals surface area contributed by atoms with Crippen molar-refractivity contribution in [3.8, 4) is 11.5 Å². The van der Waals surface area contributed by atoms with Crippen LogP contribution in [0.2, 0.25) is 0 Å². The zero-order valence-corrected chi connectivity index (χ0v) is 14.0. The van der Waals surface area contributed by atoms with Crippen molar-refractivity contribution in [2.75, 3.05) is 26.3 Å². The van der Waals surface area contributed by atoms with Crippen LogP contribution in [0.1, 0.15) is 34.6 Å². The van der Waals surface area contributed by atoms with E-state index >= 15 is 0 Å². The molecular weight excluding hydrogens is 262 g/mol. The van der Waals surface area contributed by atoms with Crippen LogP contribution >= 0.6 is 0 Å². The molecule has 1 aromatic carbocycles. The minimum absolute atomic E-state index is 0.447. The maximum Gasteiger partial charge on any atom is 0.161 e. The van der Waals surface area contributed by atoms with E-state index in [-0.39, 0.29) is 0 Å². The Morgan fingerprint density at radius 1 is 1.00 bits per heavy atom. The van der Waals surface area contributed by atoms with Crippen molar-refractivity contribution in [3.05, 3.63) is 24.3 Å². The Labute approximate surface area is 129 Å². The van der Waals surface area contributed by atoms with E-state index in [1.807, 2.05) is 31.2 Å². The lowest BCUT2D eigenvalue weighted by molar-refractivity contribution is 0.274. The van der Waals surface area contributed by atoms with Crippen molar-refractivity contribution in [2.45, 2.75) is 34.6 Å². The largest absolute Gasteiger partial charge is 0.490 e. The van der Waals surface area contributed by atoms with Crippen LogP contribution in [0.3, 0.4) is 0 Å². The molecule has 0 amide bonds. The average Bonchev–Trinajstić information content (AvgIpc) is 2.82. The van der Waals surface area contributed by atoms with Crippen molar-refractivity contribution < 1.29 is 9.47 Å². The molecule has 0 radical (unpaired) electrons. The lowest BCUT2D eigenvalue weighted by atomic mass is 10.0. The van der Waals surface area contributed by atoms with Gasteiger partial charge in [0.25, 0.3) is 0 Å². The van der Waals surface area contributed by atoms with Gasteiger partial charge in [0.1, 0.15) is 6.61 Å². The first-order chi connectivity index (χ1) is 9.91. The van der Waals surface area contributed by atoms with Gasteiger partial charge in [0.05, 0.1) is 6.61 Å². The van der Waals surface area contributed by atoms with Crippen molar-refractivity contribution in [3.63, 3.8) is 0 Å². The number of rotatable bonds is 8. The predicted octanol–water partition coefficient (Wildman–Crippen LogP) is 3.74. The fourth-order valence-corrected chi connectivity index (χ4v) is 3.17. The summed E-state index contributed by atoms with van der Waals surface area (Å²) in [6.45, 7) is 14.7. The van der Waals surface area contributed by atoms with Gasteiger partial charge in [-0.1, -0.05) is 39.8 Å². The highest BCUT2D eigenvalue weighted by Gasteiger charge is 2.63. The average molecular weight is 291 g/mol. The summed E-state index contributed by atoms with van der Waals surface area (Å²) in [5.74, 6) is 2.40. The Kier molecular flexibility index (Phi) is 4.82. The van der Waals surface area contributed by atoms with Gasteiger partial charge in [0, 0.05) is 6.54 Å². The van der Waals surface area contributed by atoms with E-state index in [2.05, 4.69) is 33.0 Å². The van der Waals surface area contributed by atoms with Crippen molar-refractivity contribution in [1.29, 1.82) is 0 Å². The molecule has 118 valence electrons. The summed E-state index contributed by atoms with van der Waals surface area (Å²) in [7, 11) is 0. The van der Waals surface area contributed by atoms with E-state index < -0.39 is 0 Å². The summed E-state index contributed by atoms with van der Waals surface area (Å²) in [5.41, 5.74) is 0.894. The minimum atomic E-state index is 0.447. The lowest BCUT2D eigenvalue weighted by Crippen LogP contribution is -2.24. The Hall–Kier alpha value is -1.22. The van der Waals surface area contributed by atoms with E-state index in [4.69, 9.17) is 9.47 Å². The van der Waals surface area contributed by atoms with E-state index in [1.165, 1.54) is 0 Å². The van der Waals surface area contributed by atoms with Gasteiger partial charge in [-0.2, -0.15) is 0 Å². The first kappa shape index (κ1) is 16.2. The number of nitrogens with one attached hydrogen (secondary N) is 1. The van der Waals surface area contributed by atoms with Gasteiger partial charge in [-0.05, 0) is 42.3 Å². The molecule has 3 heteroatoms. The van der Waals surface area contributed by atoms with Crippen LogP contribution in [0, 0.1) is 16.7 Å². The molecule has 2 rings (SSSR count).